The lowest BCUT2D eigenvalue weighted by Crippen LogP contribution is -2.29. The summed E-state index contributed by atoms with van der Waals surface area (Å²) in [6.45, 7) is 2.96. The monoisotopic (exact) mass is 237 g/mol. The fourth-order valence-electron chi connectivity index (χ4n) is 1.71. The van der Waals surface area contributed by atoms with Crippen molar-refractivity contribution in [3.63, 3.8) is 0 Å². The van der Waals surface area contributed by atoms with Crippen molar-refractivity contribution in [3.8, 4) is 0 Å². The first-order chi connectivity index (χ1) is 6.94. The lowest BCUT2D eigenvalue weighted by Gasteiger charge is -2.14. The highest BCUT2D eigenvalue weighted by Crippen LogP contribution is 2.09. The molecule has 0 radical (unpaired) electrons. The van der Waals surface area contributed by atoms with E-state index in [2.05, 4.69) is 0 Å². The summed E-state index contributed by atoms with van der Waals surface area (Å²) in [6.07, 6.45) is -0.842. The van der Waals surface area contributed by atoms with Crippen LogP contribution in [0, 0.1) is 0 Å². The Hall–Kier alpha value is -0.170. The van der Waals surface area contributed by atoms with Crippen molar-refractivity contribution in [2.75, 3.05) is 31.1 Å². The fraction of sp³-hybridized carbons (Fsp3) is 1.00. The summed E-state index contributed by atoms with van der Waals surface area (Å²) in [6, 6.07) is 0. The third-order valence-electron chi connectivity index (χ3n) is 2.57. The number of hydrogen-bond donors (Lipinski definition) is 2. The predicted octanol–water partition coefficient (Wildman–Crippen LogP) is -1.15. The molecule has 0 aromatic rings. The molecule has 0 aliphatic carbocycles. The molecule has 2 atom stereocenters. The van der Waals surface area contributed by atoms with E-state index < -0.39 is 22.0 Å². The van der Waals surface area contributed by atoms with Crippen LogP contribution in [-0.4, -0.2) is 66.9 Å². The molecule has 1 saturated heterocycles. The Kier molecular flexibility index (Phi) is 4.51. The minimum absolute atomic E-state index is 0.111. The Labute approximate surface area is 90.6 Å². The topological polar surface area (TPSA) is 77.8 Å². The highest BCUT2D eigenvalue weighted by molar-refractivity contribution is 7.91. The van der Waals surface area contributed by atoms with Crippen LogP contribution in [0.5, 0.6) is 0 Å². The van der Waals surface area contributed by atoms with Gasteiger partial charge in [-0.2, -0.15) is 0 Å². The molecule has 1 heterocycles. The van der Waals surface area contributed by atoms with Crippen molar-refractivity contribution in [1.29, 1.82) is 0 Å². The molecule has 6 heteroatoms. The van der Waals surface area contributed by atoms with Gasteiger partial charge in [0.25, 0.3) is 0 Å². The number of sulfone groups is 1. The number of rotatable bonds is 5. The molecule has 0 saturated carbocycles. The van der Waals surface area contributed by atoms with Crippen LogP contribution in [0.15, 0.2) is 0 Å². The van der Waals surface area contributed by atoms with Crippen LogP contribution < -0.4 is 0 Å². The third-order valence-corrected chi connectivity index (χ3v) is 4.40. The molecule has 90 valence electrons. The quantitative estimate of drug-likeness (QED) is 0.631. The van der Waals surface area contributed by atoms with Crippen LogP contribution in [0.4, 0.5) is 0 Å². The average Bonchev–Trinajstić information content (AvgIpc) is 2.44. The molecule has 1 fully saturated rings. The summed E-state index contributed by atoms with van der Waals surface area (Å²) in [4.78, 5) is 1.78. The van der Waals surface area contributed by atoms with Crippen molar-refractivity contribution < 1.29 is 18.6 Å². The number of aliphatic hydroxyl groups excluding tert-OH is 2. The van der Waals surface area contributed by atoms with Gasteiger partial charge in [0.15, 0.2) is 9.84 Å². The minimum atomic E-state index is -2.96. The van der Waals surface area contributed by atoms with Crippen molar-refractivity contribution in [1.82, 2.24) is 4.90 Å². The van der Waals surface area contributed by atoms with E-state index in [1.165, 1.54) is 0 Å². The zero-order valence-corrected chi connectivity index (χ0v) is 9.78. The molecule has 0 spiro atoms. The van der Waals surface area contributed by atoms with Gasteiger partial charge in [0, 0.05) is 25.4 Å². The van der Waals surface area contributed by atoms with E-state index in [1.54, 1.807) is 4.90 Å². The number of nitrogens with zero attached hydrogens (tertiary/aromatic N) is 1. The van der Waals surface area contributed by atoms with Crippen LogP contribution in [0.1, 0.15) is 13.3 Å². The molecule has 15 heavy (non-hydrogen) atoms. The molecule has 2 N–H and O–H groups in total. The maximum absolute atomic E-state index is 11.4. The summed E-state index contributed by atoms with van der Waals surface area (Å²) < 4.78 is 22.8. The first kappa shape index (κ1) is 12.9. The predicted molar refractivity (Wildman–Crippen MR) is 57.4 cm³/mol. The Morgan fingerprint density at radius 1 is 1.20 bits per heavy atom. The molecular formula is C9H19NO4S. The van der Waals surface area contributed by atoms with Gasteiger partial charge >= 0.3 is 0 Å². The van der Waals surface area contributed by atoms with E-state index in [9.17, 15) is 18.6 Å². The summed E-state index contributed by atoms with van der Waals surface area (Å²) >= 11 is 0. The van der Waals surface area contributed by atoms with E-state index in [0.29, 0.717) is 26.1 Å². The molecule has 1 rings (SSSR count). The first-order valence-corrected chi connectivity index (χ1v) is 7.05. The molecular weight excluding hydrogens is 218 g/mol. The second-order valence-electron chi connectivity index (χ2n) is 4.05. The maximum Gasteiger partial charge on any atom is 0.151 e. The molecule has 1 aliphatic heterocycles. The molecule has 0 aromatic carbocycles. The van der Waals surface area contributed by atoms with Gasteiger partial charge in [-0.3, -0.25) is 4.90 Å². The standard InChI is InChI=1S/C9H19NO4S/c1-2-4-15(13,14)5-3-10-6-8(11)9(12)7-10/h8-9,11-12H,2-7H2,1H3. The lowest BCUT2D eigenvalue weighted by molar-refractivity contribution is 0.0572. The normalized spacial score (nSPS) is 28.5. The van der Waals surface area contributed by atoms with Gasteiger partial charge in [-0.1, -0.05) is 6.92 Å². The van der Waals surface area contributed by atoms with Crippen LogP contribution in [-0.2, 0) is 9.84 Å². The van der Waals surface area contributed by atoms with E-state index >= 15 is 0 Å². The lowest BCUT2D eigenvalue weighted by atomic mass is 10.3. The second kappa shape index (κ2) is 5.25. The number of hydrogen-bond acceptors (Lipinski definition) is 5. The highest BCUT2D eigenvalue weighted by atomic mass is 32.2. The number of likely N-dealkylation sites (tertiary alicyclic amines) is 1. The fourth-order valence-corrected chi connectivity index (χ4v) is 3.07. The summed E-state index contributed by atoms with van der Waals surface area (Å²) in [5.74, 6) is 0.326. The van der Waals surface area contributed by atoms with E-state index in [1.807, 2.05) is 6.92 Å². The minimum Gasteiger partial charge on any atom is -0.389 e. The van der Waals surface area contributed by atoms with Gasteiger partial charge in [0.2, 0.25) is 0 Å². The van der Waals surface area contributed by atoms with Crippen LogP contribution in [0.25, 0.3) is 0 Å². The molecule has 5 nitrogen and oxygen atoms in total. The molecule has 2 unspecified atom stereocenters. The first-order valence-electron chi connectivity index (χ1n) is 5.23. The third kappa shape index (κ3) is 4.06. The zero-order valence-electron chi connectivity index (χ0n) is 8.96. The second-order valence-corrected chi connectivity index (χ2v) is 6.35. The van der Waals surface area contributed by atoms with Crippen LogP contribution in [0.3, 0.4) is 0 Å². The molecule has 0 bridgehead atoms. The SMILES string of the molecule is CCCS(=O)(=O)CCN1CC(O)C(O)C1. The number of β-amino-alcohol motifs (C(OH)–C–C–N with tert-alkyl or cyclic N) is 2. The average molecular weight is 237 g/mol. The number of aliphatic hydroxyl groups is 2. The van der Waals surface area contributed by atoms with Crippen LogP contribution >= 0.6 is 0 Å². The summed E-state index contributed by atoms with van der Waals surface area (Å²) in [7, 11) is -2.96. The van der Waals surface area contributed by atoms with Crippen molar-refractivity contribution in [2.24, 2.45) is 0 Å². The van der Waals surface area contributed by atoms with E-state index in [-0.39, 0.29) is 11.5 Å². The molecule has 0 amide bonds. The Balaban J connectivity index is 2.33. The Morgan fingerprint density at radius 2 is 1.73 bits per heavy atom. The van der Waals surface area contributed by atoms with Gasteiger partial charge in [-0.25, -0.2) is 8.42 Å². The largest absolute Gasteiger partial charge is 0.389 e. The van der Waals surface area contributed by atoms with Crippen molar-refractivity contribution >= 4 is 9.84 Å². The smallest absolute Gasteiger partial charge is 0.151 e. The van der Waals surface area contributed by atoms with E-state index in [0.717, 1.165) is 0 Å². The van der Waals surface area contributed by atoms with Gasteiger partial charge in [-0.05, 0) is 6.42 Å². The van der Waals surface area contributed by atoms with Gasteiger partial charge in [0.05, 0.1) is 18.0 Å². The van der Waals surface area contributed by atoms with Gasteiger partial charge < -0.3 is 10.2 Å². The zero-order chi connectivity index (χ0) is 11.5. The summed E-state index contributed by atoms with van der Waals surface area (Å²) in [5.41, 5.74) is 0. The van der Waals surface area contributed by atoms with Gasteiger partial charge in [-0.15, -0.1) is 0 Å². The van der Waals surface area contributed by atoms with Gasteiger partial charge in [0.1, 0.15) is 0 Å². The van der Waals surface area contributed by atoms with Crippen molar-refractivity contribution in [2.45, 2.75) is 25.6 Å². The Bertz CT molecular complexity index is 280. The maximum atomic E-state index is 11.4. The highest BCUT2D eigenvalue weighted by Gasteiger charge is 2.29. The van der Waals surface area contributed by atoms with E-state index in [4.69, 9.17) is 0 Å². The molecule has 0 aromatic heterocycles. The summed E-state index contributed by atoms with van der Waals surface area (Å²) in [5, 5.41) is 18.5. The van der Waals surface area contributed by atoms with Crippen molar-refractivity contribution in [3.05, 3.63) is 0 Å². The van der Waals surface area contributed by atoms with Crippen LogP contribution in [0.2, 0.25) is 0 Å². The molecule has 1 aliphatic rings. The Morgan fingerprint density at radius 3 is 2.20 bits per heavy atom.